The Labute approximate surface area is 110 Å². The number of hydrogen-bond donors (Lipinski definition) is 0. The van der Waals surface area contributed by atoms with Gasteiger partial charge in [0.2, 0.25) is 5.75 Å². The van der Waals surface area contributed by atoms with Crippen LogP contribution in [-0.2, 0) is 0 Å². The molecule has 6 heteroatoms. The summed E-state index contributed by atoms with van der Waals surface area (Å²) >= 11 is 0. The predicted molar refractivity (Wildman–Crippen MR) is 68.0 cm³/mol. The number of carbonyl (C=O) groups excluding carboxylic acids is 1. The van der Waals surface area contributed by atoms with Gasteiger partial charge in [-0.2, -0.15) is 5.26 Å². The number of hydrogen-bond acceptors (Lipinski definition) is 5. The van der Waals surface area contributed by atoms with Gasteiger partial charge >= 0.3 is 5.69 Å². The summed E-state index contributed by atoms with van der Waals surface area (Å²) in [5, 5.41) is 19.9. The fourth-order valence-corrected chi connectivity index (χ4v) is 1.81. The third-order valence-corrected chi connectivity index (χ3v) is 2.71. The van der Waals surface area contributed by atoms with Crippen LogP contribution < -0.4 is 4.74 Å². The van der Waals surface area contributed by atoms with E-state index in [0.717, 1.165) is 0 Å². The van der Waals surface area contributed by atoms with Crippen LogP contribution in [0.2, 0.25) is 0 Å². The van der Waals surface area contributed by atoms with Gasteiger partial charge in [0, 0.05) is 6.07 Å². The lowest BCUT2D eigenvalue weighted by Crippen LogP contribution is -2.14. The number of ketones is 1. The highest BCUT2D eigenvalue weighted by molar-refractivity contribution is 6.02. The highest BCUT2D eigenvalue weighted by atomic mass is 16.6. The lowest BCUT2D eigenvalue weighted by molar-refractivity contribution is -0.385. The van der Waals surface area contributed by atoms with E-state index in [2.05, 4.69) is 0 Å². The summed E-state index contributed by atoms with van der Waals surface area (Å²) in [4.78, 5) is 22.5. The Morgan fingerprint density at radius 3 is 2.74 bits per heavy atom. The average Bonchev–Trinajstić information content (AvgIpc) is 2.42. The molecule has 0 saturated carbocycles. The second-order valence-corrected chi connectivity index (χ2v) is 3.95. The molecule has 0 saturated heterocycles. The van der Waals surface area contributed by atoms with Gasteiger partial charge in [0.05, 0.1) is 23.7 Å². The molecular formula is C13H14N2O4. The number of carbonyl (C=O) groups is 1. The molecule has 0 aliphatic rings. The van der Waals surface area contributed by atoms with E-state index in [-0.39, 0.29) is 17.0 Å². The standard InChI is InChI=1S/C13H14N2O4/c1-3-5-9(8-14)12(16)10-6-4-7-11(15(17)18)13(10)19-2/h4,6-7,9H,3,5H2,1-2H3. The van der Waals surface area contributed by atoms with E-state index >= 15 is 0 Å². The van der Waals surface area contributed by atoms with Crippen molar-refractivity contribution in [3.05, 3.63) is 33.9 Å². The molecule has 6 nitrogen and oxygen atoms in total. The quantitative estimate of drug-likeness (QED) is 0.446. The van der Waals surface area contributed by atoms with E-state index in [9.17, 15) is 14.9 Å². The largest absolute Gasteiger partial charge is 0.490 e. The first-order valence-electron chi connectivity index (χ1n) is 5.82. The maximum absolute atomic E-state index is 12.2. The van der Waals surface area contributed by atoms with E-state index in [1.165, 1.54) is 25.3 Å². The number of nitrogens with zero attached hydrogens (tertiary/aromatic N) is 2. The van der Waals surface area contributed by atoms with Gasteiger partial charge in [-0.1, -0.05) is 19.4 Å². The lowest BCUT2D eigenvalue weighted by atomic mass is 9.94. The zero-order chi connectivity index (χ0) is 14.4. The van der Waals surface area contributed by atoms with Crippen LogP contribution in [-0.4, -0.2) is 17.8 Å². The van der Waals surface area contributed by atoms with Crippen molar-refractivity contribution in [2.24, 2.45) is 5.92 Å². The van der Waals surface area contributed by atoms with E-state index < -0.39 is 16.6 Å². The van der Waals surface area contributed by atoms with Gasteiger partial charge < -0.3 is 4.74 Å². The van der Waals surface area contributed by atoms with Gasteiger partial charge in [-0.15, -0.1) is 0 Å². The number of nitro benzene ring substituents is 1. The van der Waals surface area contributed by atoms with Crippen LogP contribution in [0.25, 0.3) is 0 Å². The first-order valence-corrected chi connectivity index (χ1v) is 5.82. The highest BCUT2D eigenvalue weighted by Crippen LogP contribution is 2.32. The second kappa shape index (κ2) is 6.50. The summed E-state index contributed by atoms with van der Waals surface area (Å²) in [5.41, 5.74) is -0.196. The van der Waals surface area contributed by atoms with Gasteiger partial charge in [0.1, 0.15) is 5.92 Å². The summed E-state index contributed by atoms with van der Waals surface area (Å²) < 4.78 is 4.96. The fraction of sp³-hybridized carbons (Fsp3) is 0.385. The number of methoxy groups -OCH3 is 1. The number of benzene rings is 1. The van der Waals surface area contributed by atoms with Gasteiger partial charge in [-0.05, 0) is 12.5 Å². The molecule has 1 atom stereocenters. The maximum atomic E-state index is 12.2. The zero-order valence-electron chi connectivity index (χ0n) is 10.8. The molecule has 0 bridgehead atoms. The first-order chi connectivity index (χ1) is 9.06. The predicted octanol–water partition coefficient (Wildman–Crippen LogP) is 2.73. The Morgan fingerprint density at radius 2 is 2.26 bits per heavy atom. The molecule has 0 aliphatic carbocycles. The number of ether oxygens (including phenoxy) is 1. The van der Waals surface area contributed by atoms with Crippen LogP contribution in [0.1, 0.15) is 30.1 Å². The summed E-state index contributed by atoms with van der Waals surface area (Å²) in [5.74, 6) is -1.33. The number of nitriles is 1. The Bertz CT molecular complexity index is 534. The Hall–Kier alpha value is -2.42. The molecule has 0 radical (unpaired) electrons. The van der Waals surface area contributed by atoms with Crippen LogP contribution in [0.15, 0.2) is 18.2 Å². The van der Waals surface area contributed by atoms with Crippen LogP contribution in [0, 0.1) is 27.4 Å². The zero-order valence-corrected chi connectivity index (χ0v) is 10.8. The number of nitro groups is 1. The van der Waals surface area contributed by atoms with Crippen molar-refractivity contribution in [1.29, 1.82) is 5.26 Å². The third-order valence-electron chi connectivity index (χ3n) is 2.71. The maximum Gasteiger partial charge on any atom is 0.311 e. The molecule has 0 N–H and O–H groups in total. The topological polar surface area (TPSA) is 93.2 Å². The normalized spacial score (nSPS) is 11.4. The van der Waals surface area contributed by atoms with Gasteiger partial charge in [0.25, 0.3) is 0 Å². The number of rotatable bonds is 6. The molecule has 0 spiro atoms. The van der Waals surface area contributed by atoms with E-state index in [1.54, 1.807) is 0 Å². The molecular weight excluding hydrogens is 248 g/mol. The van der Waals surface area contributed by atoms with Crippen molar-refractivity contribution < 1.29 is 14.5 Å². The molecule has 1 aromatic rings. The lowest BCUT2D eigenvalue weighted by Gasteiger charge is -2.10. The highest BCUT2D eigenvalue weighted by Gasteiger charge is 2.27. The smallest absolute Gasteiger partial charge is 0.311 e. The molecule has 0 amide bonds. The van der Waals surface area contributed by atoms with Crippen molar-refractivity contribution >= 4 is 11.5 Å². The minimum Gasteiger partial charge on any atom is -0.490 e. The van der Waals surface area contributed by atoms with Gasteiger partial charge in [-0.3, -0.25) is 14.9 Å². The van der Waals surface area contributed by atoms with Gasteiger partial charge in [-0.25, -0.2) is 0 Å². The van der Waals surface area contributed by atoms with Crippen LogP contribution in [0.4, 0.5) is 5.69 Å². The summed E-state index contributed by atoms with van der Waals surface area (Å²) in [7, 11) is 1.26. The van der Waals surface area contributed by atoms with E-state index in [0.29, 0.717) is 12.8 Å². The Balaban J connectivity index is 3.27. The fourth-order valence-electron chi connectivity index (χ4n) is 1.81. The van der Waals surface area contributed by atoms with Crippen molar-refractivity contribution in [2.45, 2.75) is 19.8 Å². The summed E-state index contributed by atoms with van der Waals surface area (Å²) in [6.45, 7) is 1.86. The molecule has 0 aromatic heterocycles. The van der Waals surface area contributed by atoms with Crippen molar-refractivity contribution in [3.63, 3.8) is 0 Å². The number of para-hydroxylation sites is 1. The molecule has 0 heterocycles. The Kier molecular flexibility index (Phi) is 5.01. The monoisotopic (exact) mass is 262 g/mol. The molecule has 1 aromatic carbocycles. The van der Waals surface area contributed by atoms with E-state index in [4.69, 9.17) is 10.00 Å². The third kappa shape index (κ3) is 3.07. The van der Waals surface area contributed by atoms with Crippen molar-refractivity contribution in [2.75, 3.05) is 7.11 Å². The second-order valence-electron chi connectivity index (χ2n) is 3.95. The van der Waals surface area contributed by atoms with E-state index in [1.807, 2.05) is 13.0 Å². The van der Waals surface area contributed by atoms with Crippen LogP contribution >= 0.6 is 0 Å². The SMILES string of the molecule is CCCC(C#N)C(=O)c1cccc([N+](=O)[O-])c1OC. The van der Waals surface area contributed by atoms with Gasteiger partial charge in [0.15, 0.2) is 5.78 Å². The Morgan fingerprint density at radius 1 is 1.58 bits per heavy atom. The molecule has 100 valence electrons. The molecule has 19 heavy (non-hydrogen) atoms. The minimum atomic E-state index is -0.805. The first kappa shape index (κ1) is 14.6. The summed E-state index contributed by atoms with van der Waals surface area (Å²) in [6, 6.07) is 6.04. The molecule has 1 rings (SSSR count). The average molecular weight is 262 g/mol. The summed E-state index contributed by atoms with van der Waals surface area (Å²) in [6.07, 6.45) is 1.10. The minimum absolute atomic E-state index is 0.0803. The van der Waals surface area contributed by atoms with Crippen LogP contribution in [0.5, 0.6) is 5.75 Å². The van der Waals surface area contributed by atoms with Crippen LogP contribution in [0.3, 0.4) is 0 Å². The number of Topliss-reactive ketones (excluding diaryl/α,β-unsaturated/α-hetero) is 1. The van der Waals surface area contributed by atoms with Crippen molar-refractivity contribution in [1.82, 2.24) is 0 Å². The molecule has 0 fully saturated rings. The molecule has 1 unspecified atom stereocenters. The molecule has 0 aliphatic heterocycles. The van der Waals surface area contributed by atoms with Crippen molar-refractivity contribution in [3.8, 4) is 11.8 Å².